The maximum absolute atomic E-state index is 15.4. The summed E-state index contributed by atoms with van der Waals surface area (Å²) >= 11 is 1.75. The molecule has 2 aliphatic rings. The SMILES string of the molecule is Cc1cc(C)c(C2=C(c3cc(-c4ccc(C)c(C(=O)C5=C(C=O)CCC=C5)c4)sc3C)C(F)(F)C(F)(F)C2(F)F)s1. The molecule has 41 heavy (non-hydrogen) atoms. The first kappa shape index (κ1) is 29.3. The third-order valence-corrected chi connectivity index (χ3v) is 9.76. The van der Waals surface area contributed by atoms with Crippen molar-refractivity contribution in [1.82, 2.24) is 0 Å². The number of alkyl halides is 6. The summed E-state index contributed by atoms with van der Waals surface area (Å²) in [7, 11) is 0. The molecule has 0 N–H and O–H groups in total. The molecule has 2 aliphatic carbocycles. The van der Waals surface area contributed by atoms with Crippen molar-refractivity contribution < 1.29 is 35.9 Å². The number of hydrogen-bond acceptors (Lipinski definition) is 4. The number of halogens is 6. The minimum Gasteiger partial charge on any atom is -0.298 e. The average Bonchev–Trinajstić information content (AvgIpc) is 3.49. The van der Waals surface area contributed by atoms with Gasteiger partial charge in [-0.3, -0.25) is 9.59 Å². The number of allylic oxidation sites excluding steroid dienone is 6. The largest absolute Gasteiger partial charge is 0.380 e. The van der Waals surface area contributed by atoms with Crippen LogP contribution in [0.1, 0.15) is 54.5 Å². The highest BCUT2D eigenvalue weighted by atomic mass is 32.1. The number of benzene rings is 1. The van der Waals surface area contributed by atoms with E-state index >= 15 is 17.6 Å². The summed E-state index contributed by atoms with van der Waals surface area (Å²) in [6.45, 7) is 6.14. The number of carbonyl (C=O) groups is 2. The molecule has 0 spiro atoms. The Morgan fingerprint density at radius 2 is 1.56 bits per heavy atom. The predicted octanol–water partition coefficient (Wildman–Crippen LogP) is 9.57. The summed E-state index contributed by atoms with van der Waals surface area (Å²) < 4.78 is 90.8. The zero-order valence-electron chi connectivity index (χ0n) is 22.4. The van der Waals surface area contributed by atoms with Crippen molar-refractivity contribution in [1.29, 1.82) is 0 Å². The van der Waals surface area contributed by atoms with Gasteiger partial charge in [0, 0.05) is 41.8 Å². The molecular weight excluding hydrogens is 582 g/mol. The molecule has 0 unspecified atom stereocenters. The number of rotatable bonds is 6. The predicted molar refractivity (Wildman–Crippen MR) is 150 cm³/mol. The van der Waals surface area contributed by atoms with Gasteiger partial charge >= 0.3 is 17.8 Å². The van der Waals surface area contributed by atoms with Crippen LogP contribution >= 0.6 is 22.7 Å². The number of aryl methyl sites for hydroxylation is 4. The van der Waals surface area contributed by atoms with Crippen LogP contribution in [-0.2, 0) is 4.79 Å². The summed E-state index contributed by atoms with van der Waals surface area (Å²) in [4.78, 5) is 25.6. The number of carbonyl (C=O) groups excluding carboxylic acids is 2. The van der Waals surface area contributed by atoms with Crippen molar-refractivity contribution in [2.24, 2.45) is 0 Å². The van der Waals surface area contributed by atoms with Crippen LogP contribution in [0.15, 0.2) is 53.6 Å². The summed E-state index contributed by atoms with van der Waals surface area (Å²) in [6.07, 6.45) is 5.10. The van der Waals surface area contributed by atoms with Crippen LogP contribution in [0, 0.1) is 27.7 Å². The van der Waals surface area contributed by atoms with E-state index < -0.39 is 28.9 Å². The molecule has 0 radical (unpaired) electrons. The lowest BCUT2D eigenvalue weighted by molar-refractivity contribution is -0.254. The first-order valence-electron chi connectivity index (χ1n) is 12.7. The smallest absolute Gasteiger partial charge is 0.298 e. The Bertz CT molecular complexity index is 1700. The molecule has 2 aromatic heterocycles. The van der Waals surface area contributed by atoms with Crippen LogP contribution in [0.5, 0.6) is 0 Å². The maximum atomic E-state index is 15.4. The van der Waals surface area contributed by atoms with Crippen LogP contribution in [0.3, 0.4) is 0 Å². The number of hydrogen-bond donors (Lipinski definition) is 0. The van der Waals surface area contributed by atoms with E-state index in [9.17, 15) is 18.4 Å². The monoisotopic (exact) mass is 606 g/mol. The van der Waals surface area contributed by atoms with Gasteiger partial charge in [0.15, 0.2) is 5.78 Å². The summed E-state index contributed by atoms with van der Waals surface area (Å²) in [5.74, 6) is -16.3. The standard InChI is InChI=1S/C31H24F6O2S2/c1-15-9-10-19(12-22(15)27(39)21-8-6-5-7-20(21)14-38)24-13-23(18(4)41-24)25-26(28-16(2)11-17(3)40-28)30(34,35)31(36,37)29(25,32)33/h6,8-14H,5,7H2,1-4H3. The molecule has 0 saturated carbocycles. The summed E-state index contributed by atoms with van der Waals surface area (Å²) in [5.41, 5.74) is -0.950. The third kappa shape index (κ3) is 4.37. The molecule has 214 valence electrons. The van der Waals surface area contributed by atoms with Gasteiger partial charge in [-0.05, 0) is 81.0 Å². The molecule has 2 nitrogen and oxygen atoms in total. The van der Waals surface area contributed by atoms with Gasteiger partial charge in [-0.15, -0.1) is 22.7 Å². The molecule has 10 heteroatoms. The van der Waals surface area contributed by atoms with Crippen molar-refractivity contribution in [3.63, 3.8) is 0 Å². The topological polar surface area (TPSA) is 34.1 Å². The summed E-state index contributed by atoms with van der Waals surface area (Å²) in [6, 6.07) is 7.55. The van der Waals surface area contributed by atoms with Crippen LogP contribution in [0.4, 0.5) is 26.3 Å². The normalized spacial score (nSPS) is 19.3. The zero-order valence-corrected chi connectivity index (χ0v) is 24.1. The Labute approximate surface area is 240 Å². The minimum absolute atomic E-state index is 0.154. The van der Waals surface area contributed by atoms with E-state index in [-0.39, 0.29) is 37.8 Å². The van der Waals surface area contributed by atoms with E-state index in [1.54, 1.807) is 44.2 Å². The Morgan fingerprint density at radius 3 is 2.20 bits per heavy atom. The van der Waals surface area contributed by atoms with Crippen molar-refractivity contribution >= 4 is 45.9 Å². The van der Waals surface area contributed by atoms with Gasteiger partial charge in [0.2, 0.25) is 0 Å². The van der Waals surface area contributed by atoms with Gasteiger partial charge in [-0.1, -0.05) is 24.3 Å². The second-order valence-electron chi connectivity index (χ2n) is 10.3. The van der Waals surface area contributed by atoms with E-state index in [1.165, 1.54) is 26.0 Å². The lowest BCUT2D eigenvalue weighted by Gasteiger charge is -2.25. The van der Waals surface area contributed by atoms with E-state index in [4.69, 9.17) is 0 Å². The molecule has 0 amide bonds. The van der Waals surface area contributed by atoms with Gasteiger partial charge in [0.25, 0.3) is 0 Å². The molecule has 0 atom stereocenters. The molecule has 1 aromatic carbocycles. The third-order valence-electron chi connectivity index (χ3n) is 7.49. The van der Waals surface area contributed by atoms with Gasteiger partial charge in [-0.25, -0.2) is 0 Å². The molecule has 0 fully saturated rings. The lowest BCUT2D eigenvalue weighted by Crippen LogP contribution is -2.48. The highest BCUT2D eigenvalue weighted by Gasteiger charge is 2.80. The minimum atomic E-state index is -5.63. The molecule has 0 aliphatic heterocycles. The van der Waals surface area contributed by atoms with Crippen LogP contribution in [0.25, 0.3) is 21.6 Å². The van der Waals surface area contributed by atoms with Crippen molar-refractivity contribution in [3.05, 3.63) is 90.5 Å². The fraction of sp³-hybridized carbons (Fsp3) is 0.290. The number of Topliss-reactive ketones (excluding diaryl/α,β-unsaturated/α-hetero) is 1. The van der Waals surface area contributed by atoms with E-state index in [0.717, 1.165) is 22.7 Å². The molecule has 3 aromatic rings. The zero-order chi connectivity index (χ0) is 30.1. The van der Waals surface area contributed by atoms with E-state index in [0.29, 0.717) is 45.6 Å². The quantitative estimate of drug-likeness (QED) is 0.159. The van der Waals surface area contributed by atoms with Crippen LogP contribution in [-0.4, -0.2) is 29.8 Å². The van der Waals surface area contributed by atoms with Crippen LogP contribution in [0.2, 0.25) is 0 Å². The fourth-order valence-electron chi connectivity index (χ4n) is 5.34. The van der Waals surface area contributed by atoms with Gasteiger partial charge in [-0.2, -0.15) is 26.3 Å². The first-order chi connectivity index (χ1) is 19.1. The molecule has 0 saturated heterocycles. The van der Waals surface area contributed by atoms with Gasteiger partial charge in [0.1, 0.15) is 6.29 Å². The Balaban J connectivity index is 1.68. The molecule has 5 rings (SSSR count). The Hall–Kier alpha value is -3.24. The Kier molecular flexibility index (Phi) is 7.10. The summed E-state index contributed by atoms with van der Waals surface area (Å²) in [5, 5.41) is 0. The van der Waals surface area contributed by atoms with E-state index in [2.05, 4.69) is 0 Å². The maximum Gasteiger partial charge on any atom is 0.380 e. The first-order valence-corrected chi connectivity index (χ1v) is 14.3. The molecule has 2 heterocycles. The molecule has 0 bridgehead atoms. The second-order valence-corrected chi connectivity index (χ2v) is 12.8. The lowest BCUT2D eigenvalue weighted by atomic mass is 9.90. The van der Waals surface area contributed by atoms with Crippen molar-refractivity contribution in [2.75, 3.05) is 0 Å². The number of thiophene rings is 2. The highest BCUT2D eigenvalue weighted by Crippen LogP contribution is 2.66. The van der Waals surface area contributed by atoms with Crippen molar-refractivity contribution in [2.45, 2.75) is 58.3 Å². The Morgan fingerprint density at radius 1 is 0.878 bits per heavy atom. The van der Waals surface area contributed by atoms with Gasteiger partial charge < -0.3 is 0 Å². The molecular formula is C31H24F6O2S2. The van der Waals surface area contributed by atoms with Gasteiger partial charge in [0.05, 0.1) is 5.57 Å². The van der Waals surface area contributed by atoms with E-state index in [1.807, 2.05) is 0 Å². The van der Waals surface area contributed by atoms with Crippen molar-refractivity contribution in [3.8, 4) is 10.4 Å². The van der Waals surface area contributed by atoms with Crippen LogP contribution < -0.4 is 0 Å². The second kappa shape index (κ2) is 9.94. The highest BCUT2D eigenvalue weighted by molar-refractivity contribution is 7.15. The number of aldehydes is 1. The average molecular weight is 607 g/mol. The number of ketones is 1. The fourth-order valence-corrected chi connectivity index (χ4v) is 7.47.